The van der Waals surface area contributed by atoms with Crippen LogP contribution >= 0.6 is 0 Å². The van der Waals surface area contributed by atoms with Crippen LogP contribution in [-0.4, -0.2) is 52.8 Å². The summed E-state index contributed by atoms with van der Waals surface area (Å²) in [5.41, 5.74) is 2.40. The predicted molar refractivity (Wildman–Crippen MR) is 124 cm³/mol. The maximum atomic E-state index is 14.0. The number of rotatable bonds is 4. The summed E-state index contributed by atoms with van der Waals surface area (Å²) in [5.74, 6) is -4.02. The molecule has 0 aliphatic carbocycles. The van der Waals surface area contributed by atoms with Crippen LogP contribution < -0.4 is 4.74 Å². The monoisotopic (exact) mass is 499 g/mol. The Labute approximate surface area is 205 Å². The summed E-state index contributed by atoms with van der Waals surface area (Å²) in [4.78, 5) is 19.3. The number of aromatic nitrogens is 2. The van der Waals surface area contributed by atoms with Gasteiger partial charge in [-0.15, -0.1) is 0 Å². The normalized spacial score (nSPS) is 22.9. The van der Waals surface area contributed by atoms with E-state index in [9.17, 15) is 18.0 Å². The number of hydrogen-bond donors (Lipinski definition) is 0. The van der Waals surface area contributed by atoms with Crippen LogP contribution in [0.15, 0.2) is 48.6 Å². The van der Waals surface area contributed by atoms with Crippen molar-refractivity contribution in [2.45, 2.75) is 32.0 Å². The van der Waals surface area contributed by atoms with E-state index in [0.717, 1.165) is 23.5 Å². The summed E-state index contributed by atoms with van der Waals surface area (Å²) in [6.45, 7) is 3.89. The first-order valence-corrected chi connectivity index (χ1v) is 11.4. The molecule has 3 heterocycles. The van der Waals surface area contributed by atoms with Gasteiger partial charge in [0.2, 0.25) is 0 Å². The Balaban J connectivity index is 1.49. The molecule has 2 fully saturated rings. The van der Waals surface area contributed by atoms with Gasteiger partial charge in [-0.2, -0.15) is 0 Å². The van der Waals surface area contributed by atoms with Crippen LogP contribution in [-0.2, 0) is 14.3 Å². The highest BCUT2D eigenvalue weighted by Crippen LogP contribution is 2.36. The highest BCUT2D eigenvalue weighted by atomic mass is 19.2. The molecule has 188 valence electrons. The number of hydrogen-bond acceptors (Lipinski definition) is 5. The predicted octanol–water partition coefficient (Wildman–Crippen LogP) is 4.33. The van der Waals surface area contributed by atoms with Gasteiger partial charge in [0.15, 0.2) is 23.2 Å². The molecule has 3 aromatic rings. The molecule has 2 aromatic carbocycles. The minimum Gasteiger partial charge on any atom is -0.495 e. The van der Waals surface area contributed by atoms with E-state index in [1.165, 1.54) is 4.90 Å². The average Bonchev–Trinajstić information content (AvgIpc) is 3.30. The summed E-state index contributed by atoms with van der Waals surface area (Å²) < 4.78 is 60.4. The van der Waals surface area contributed by atoms with Crippen LogP contribution in [0.2, 0.25) is 0 Å². The van der Waals surface area contributed by atoms with Gasteiger partial charge in [-0.3, -0.25) is 4.79 Å². The number of methoxy groups -OCH3 is 1. The molecule has 0 unspecified atom stereocenters. The third kappa shape index (κ3) is 4.21. The second-order valence-corrected chi connectivity index (χ2v) is 8.82. The number of morpholine rings is 2. The quantitative estimate of drug-likeness (QED) is 0.395. The van der Waals surface area contributed by atoms with Gasteiger partial charge in [-0.05, 0) is 55.3 Å². The molecular formula is C26H24F3N3O4. The molecular weight excluding hydrogens is 475 g/mol. The Hall–Kier alpha value is -3.79. The first-order chi connectivity index (χ1) is 17.3. The molecule has 0 spiro atoms. The Morgan fingerprint density at radius 2 is 1.89 bits per heavy atom. The van der Waals surface area contributed by atoms with Gasteiger partial charge in [-0.25, -0.2) is 18.2 Å². The summed E-state index contributed by atoms with van der Waals surface area (Å²) in [6.07, 6.45) is 4.69. The molecule has 36 heavy (non-hydrogen) atoms. The Morgan fingerprint density at radius 1 is 1.14 bits per heavy atom. The van der Waals surface area contributed by atoms with Gasteiger partial charge in [0, 0.05) is 6.20 Å². The van der Waals surface area contributed by atoms with Gasteiger partial charge in [0.25, 0.3) is 5.91 Å². The smallest absolute Gasteiger partial charge is 0.290 e. The zero-order valence-corrected chi connectivity index (χ0v) is 19.9. The largest absolute Gasteiger partial charge is 0.495 e. The fraction of sp³-hybridized carbons (Fsp3) is 0.308. The third-order valence-corrected chi connectivity index (χ3v) is 6.44. The molecule has 0 saturated carbocycles. The van der Waals surface area contributed by atoms with E-state index < -0.39 is 41.5 Å². The fourth-order valence-corrected chi connectivity index (χ4v) is 4.62. The standard InChI is InChI=1S/C26H24F3N3O4/c1-14-10-31(13-30-14)20-5-4-16(6-23(20)34-3)7-24-26(33)32-21(15(2)36-24)11-35-12-22(32)17-8-18(27)25(29)19(28)9-17/h4-10,13,15,21-22H,11-12H2,1-3H3/b24-7-/t15-,21-,22+/m1/s1. The molecule has 3 atom stereocenters. The lowest BCUT2D eigenvalue weighted by atomic mass is 9.97. The molecule has 0 radical (unpaired) electrons. The maximum Gasteiger partial charge on any atom is 0.290 e. The first kappa shape index (κ1) is 23.9. The highest BCUT2D eigenvalue weighted by Gasteiger charge is 2.45. The first-order valence-electron chi connectivity index (χ1n) is 11.4. The van der Waals surface area contributed by atoms with E-state index in [4.69, 9.17) is 14.2 Å². The van der Waals surface area contributed by atoms with Crippen molar-refractivity contribution < 1.29 is 32.2 Å². The lowest BCUT2D eigenvalue weighted by Gasteiger charge is -2.47. The van der Waals surface area contributed by atoms with Gasteiger partial charge in [0.05, 0.1) is 50.1 Å². The molecule has 2 aliphatic rings. The number of imidazole rings is 1. The van der Waals surface area contributed by atoms with E-state index in [2.05, 4.69) is 4.98 Å². The summed E-state index contributed by atoms with van der Waals surface area (Å²) >= 11 is 0. The lowest BCUT2D eigenvalue weighted by molar-refractivity contribution is -0.166. The SMILES string of the molecule is COc1cc(/C=C2\O[C@H](C)[C@H]3COC[C@@H](c4cc(F)c(F)c(F)c4)N3C2=O)ccc1-n1cnc(C)c1. The van der Waals surface area contributed by atoms with Crippen molar-refractivity contribution in [2.75, 3.05) is 20.3 Å². The zero-order valence-electron chi connectivity index (χ0n) is 19.9. The van der Waals surface area contributed by atoms with Gasteiger partial charge in [-0.1, -0.05) is 6.07 Å². The van der Waals surface area contributed by atoms with Crippen LogP contribution in [0.4, 0.5) is 13.2 Å². The van der Waals surface area contributed by atoms with Crippen LogP contribution in [0.25, 0.3) is 11.8 Å². The van der Waals surface area contributed by atoms with E-state index in [0.29, 0.717) is 11.3 Å². The number of carbonyl (C=O) groups is 1. The number of amides is 1. The maximum absolute atomic E-state index is 14.0. The average molecular weight is 499 g/mol. The molecule has 10 heteroatoms. The third-order valence-electron chi connectivity index (χ3n) is 6.44. The van der Waals surface area contributed by atoms with Crippen LogP contribution in [0.1, 0.15) is 29.8 Å². The Morgan fingerprint density at radius 3 is 2.56 bits per heavy atom. The van der Waals surface area contributed by atoms with Crippen LogP contribution in [0.3, 0.4) is 0 Å². The number of nitrogens with zero attached hydrogens (tertiary/aromatic N) is 3. The van der Waals surface area contributed by atoms with E-state index in [1.807, 2.05) is 29.8 Å². The number of ether oxygens (including phenoxy) is 3. The van der Waals surface area contributed by atoms with E-state index in [-0.39, 0.29) is 24.5 Å². The topological polar surface area (TPSA) is 65.8 Å². The molecule has 2 aliphatic heterocycles. The number of aryl methyl sites for hydroxylation is 1. The summed E-state index contributed by atoms with van der Waals surface area (Å²) in [6, 6.07) is 5.93. The van der Waals surface area contributed by atoms with Crippen molar-refractivity contribution in [3.63, 3.8) is 0 Å². The second-order valence-electron chi connectivity index (χ2n) is 8.82. The van der Waals surface area contributed by atoms with Crippen molar-refractivity contribution >= 4 is 12.0 Å². The van der Waals surface area contributed by atoms with Crippen molar-refractivity contribution in [2.24, 2.45) is 0 Å². The molecule has 7 nitrogen and oxygen atoms in total. The molecule has 2 saturated heterocycles. The number of halogens is 3. The zero-order chi connectivity index (χ0) is 25.6. The molecule has 1 amide bonds. The minimum absolute atomic E-state index is 0.0135. The summed E-state index contributed by atoms with van der Waals surface area (Å²) in [5, 5.41) is 0. The van der Waals surface area contributed by atoms with Crippen molar-refractivity contribution in [3.05, 3.63) is 82.9 Å². The van der Waals surface area contributed by atoms with Crippen LogP contribution in [0, 0.1) is 24.4 Å². The number of fused-ring (bicyclic) bond motifs is 1. The molecule has 0 bridgehead atoms. The molecule has 5 rings (SSSR count). The van der Waals surface area contributed by atoms with E-state index >= 15 is 0 Å². The van der Waals surface area contributed by atoms with Gasteiger partial charge < -0.3 is 23.7 Å². The fourth-order valence-electron chi connectivity index (χ4n) is 4.62. The molecule has 1 aromatic heterocycles. The second kappa shape index (κ2) is 9.34. The minimum atomic E-state index is -1.56. The van der Waals surface area contributed by atoms with Crippen molar-refractivity contribution in [3.8, 4) is 11.4 Å². The Bertz CT molecular complexity index is 1330. The summed E-state index contributed by atoms with van der Waals surface area (Å²) in [7, 11) is 1.55. The number of benzene rings is 2. The Kier molecular flexibility index (Phi) is 6.21. The van der Waals surface area contributed by atoms with Gasteiger partial charge in [0.1, 0.15) is 11.9 Å². The van der Waals surface area contributed by atoms with Crippen molar-refractivity contribution in [1.29, 1.82) is 0 Å². The van der Waals surface area contributed by atoms with Gasteiger partial charge >= 0.3 is 0 Å². The highest BCUT2D eigenvalue weighted by molar-refractivity contribution is 5.97. The number of carbonyl (C=O) groups excluding carboxylic acids is 1. The molecule has 0 N–H and O–H groups in total. The lowest BCUT2D eigenvalue weighted by Crippen LogP contribution is -2.59. The van der Waals surface area contributed by atoms with Crippen molar-refractivity contribution in [1.82, 2.24) is 14.5 Å². The van der Waals surface area contributed by atoms with E-state index in [1.54, 1.807) is 32.5 Å². The van der Waals surface area contributed by atoms with Crippen LogP contribution in [0.5, 0.6) is 5.75 Å².